The summed E-state index contributed by atoms with van der Waals surface area (Å²) in [5.41, 5.74) is 0. The van der Waals surface area contributed by atoms with E-state index >= 15 is 0 Å². The number of hydrogen-bond acceptors (Lipinski definition) is 1. The monoisotopic (exact) mass is 462 g/mol. The fraction of sp³-hybridized carbons (Fsp3) is 0.750. The maximum atomic E-state index is 3.16. The maximum Gasteiger partial charge on any atom is -0.147 e. The summed E-state index contributed by atoms with van der Waals surface area (Å²) < 4.78 is 18.3. The van der Waals surface area contributed by atoms with Crippen LogP contribution in [0.5, 0.6) is 0 Å². The summed E-state index contributed by atoms with van der Waals surface area (Å²) in [5.74, 6) is 0. The van der Waals surface area contributed by atoms with Crippen molar-refractivity contribution in [2.24, 2.45) is 0 Å². The molecule has 0 aromatic heterocycles. The third-order valence-electron chi connectivity index (χ3n) is 5.09. The first-order valence-electron chi connectivity index (χ1n) is 8.14. The molecule has 1 aliphatic carbocycles. The van der Waals surface area contributed by atoms with Crippen LogP contribution >= 0.6 is 24.8 Å². The average Bonchev–Trinajstić information content (AvgIpc) is 2.41. The molecule has 0 saturated heterocycles. The molecule has 0 heterocycles. The quantitative estimate of drug-likeness (QED) is 0.388. The largest absolute Gasteiger partial charge is 0.147 e. The van der Waals surface area contributed by atoms with Gasteiger partial charge in [0.05, 0.1) is 0 Å². The number of allylic oxidation sites excluding steroid dienone is 4. The van der Waals surface area contributed by atoms with Crippen molar-refractivity contribution < 1.29 is 16.1 Å². The van der Waals surface area contributed by atoms with E-state index < -0.39 is 32.6 Å². The van der Waals surface area contributed by atoms with E-state index in [4.69, 9.17) is 0 Å². The Morgan fingerprint density at radius 2 is 1.18 bits per heavy atom. The van der Waals surface area contributed by atoms with Gasteiger partial charge in [-0.25, -0.2) is 0 Å². The van der Waals surface area contributed by atoms with Crippen LogP contribution in [0.1, 0.15) is 6.42 Å². The second-order valence-corrected chi connectivity index (χ2v) is 65.2. The molecule has 135 valence electrons. The molecule has 0 N–H and O–H groups in total. The van der Waals surface area contributed by atoms with E-state index in [0.717, 1.165) is 6.42 Å². The molecule has 1 rings (SSSR count). The van der Waals surface area contributed by atoms with Gasteiger partial charge in [0.2, 0.25) is 0 Å². The Bertz CT molecular complexity index is 495. The van der Waals surface area contributed by atoms with Gasteiger partial charge in [-0.1, -0.05) is 0 Å². The summed E-state index contributed by atoms with van der Waals surface area (Å²) in [7, 11) is -2.86. The Morgan fingerprint density at radius 3 is 1.41 bits per heavy atom. The van der Waals surface area contributed by atoms with Gasteiger partial charge in [0.15, 0.2) is 0 Å². The van der Waals surface area contributed by atoms with Crippen LogP contribution in [0.4, 0.5) is 0 Å². The van der Waals surface area contributed by atoms with Crippen LogP contribution in [0.15, 0.2) is 21.5 Å². The predicted octanol–water partition coefficient (Wildman–Crippen LogP) is 7.56. The number of halogens is 2. The van der Waals surface area contributed by atoms with Gasteiger partial charge in [-0.3, -0.25) is 0 Å². The van der Waals surface area contributed by atoms with Crippen molar-refractivity contribution in [1.82, 2.24) is 2.17 Å². The van der Waals surface area contributed by atoms with Crippen LogP contribution in [0.25, 0.3) is 0 Å². The molecule has 0 bridgehead atoms. The van der Waals surface area contributed by atoms with Crippen molar-refractivity contribution in [3.05, 3.63) is 21.5 Å². The van der Waals surface area contributed by atoms with Crippen molar-refractivity contribution in [3.63, 3.8) is 0 Å². The Labute approximate surface area is 149 Å². The van der Waals surface area contributed by atoms with Crippen LogP contribution in [0.3, 0.4) is 0 Å². The van der Waals surface area contributed by atoms with E-state index in [1.165, 1.54) is 0 Å². The third kappa shape index (κ3) is 4.49. The maximum absolute atomic E-state index is 4.09. The minimum absolute atomic E-state index is 0. The molecule has 6 heteroatoms. The minimum Gasteiger partial charge on any atom is -0.147 e. The van der Waals surface area contributed by atoms with Gasteiger partial charge in [-0.05, 0) is 0 Å². The molecule has 0 aliphatic heterocycles. The van der Waals surface area contributed by atoms with E-state index in [9.17, 15) is 0 Å². The number of hydrogen-bond donors (Lipinski definition) is 0. The summed E-state index contributed by atoms with van der Waals surface area (Å²) in [6, 6.07) is 0. The standard InChI is InChI=1S/C6H18NSi2.C5H5.5CH3.2ClH.Zr/c1-8(2,3)7-9(4,5)6;1-2-4-5-3-1;;;;;;;;/h1-6H3;1-3H,4H2;5*1H3;2*1H;/q-1;;;;;;;;;+1. The van der Waals surface area contributed by atoms with E-state index in [2.05, 4.69) is 82.8 Å². The summed E-state index contributed by atoms with van der Waals surface area (Å²) in [5, 5.41) is 0. The van der Waals surface area contributed by atoms with Crippen LogP contribution < -0.4 is 0 Å². The first-order valence-corrected chi connectivity index (χ1v) is 29.7. The topological polar surface area (TPSA) is 3.24 Å². The van der Waals surface area contributed by atoms with Gasteiger partial charge in [0.25, 0.3) is 0 Å². The normalized spacial score (nSPS) is 20.9. The van der Waals surface area contributed by atoms with Gasteiger partial charge in [0.1, 0.15) is 0 Å². The average molecular weight is 465 g/mol. The van der Waals surface area contributed by atoms with Gasteiger partial charge in [-0.2, -0.15) is 0 Å². The van der Waals surface area contributed by atoms with Gasteiger partial charge < -0.3 is 0 Å². The molecule has 0 atom stereocenters. The number of rotatable bonds is 4. The molecular weight excluding hydrogens is 424 g/mol. The van der Waals surface area contributed by atoms with Crippen molar-refractivity contribution in [2.45, 2.75) is 68.9 Å². The summed E-state index contributed by atoms with van der Waals surface area (Å²) in [4.78, 5) is 0. The molecule has 0 saturated carbocycles. The zero-order valence-electron chi connectivity index (χ0n) is 16.7. The zero-order valence-corrected chi connectivity index (χ0v) is 22.8. The second-order valence-electron chi connectivity index (χ2n) is 13.5. The Balaban J connectivity index is 0. The van der Waals surface area contributed by atoms with Crippen molar-refractivity contribution in [3.8, 4) is 0 Å². The predicted molar refractivity (Wildman–Crippen MR) is 114 cm³/mol. The Hall–Kier alpha value is 1.34. The van der Waals surface area contributed by atoms with Crippen molar-refractivity contribution >= 4 is 41.3 Å². The molecule has 22 heavy (non-hydrogen) atoms. The smallest absolute Gasteiger partial charge is 0.147 e. The summed E-state index contributed by atoms with van der Waals surface area (Å²) >= 11 is -4.09. The molecule has 0 fully saturated rings. The van der Waals surface area contributed by atoms with Crippen LogP contribution in [0, 0.1) is 0 Å². The molecule has 0 radical (unpaired) electrons. The van der Waals surface area contributed by atoms with Gasteiger partial charge in [-0.15, -0.1) is 24.8 Å². The molecule has 0 amide bonds. The van der Waals surface area contributed by atoms with Crippen LogP contribution in [0.2, 0.25) is 62.4 Å². The first-order chi connectivity index (χ1) is 8.22. The van der Waals surface area contributed by atoms with E-state index in [0.29, 0.717) is 0 Å². The van der Waals surface area contributed by atoms with Crippen LogP contribution in [-0.2, 0) is 16.1 Å². The Morgan fingerprint density at radius 1 is 0.818 bits per heavy atom. The SMILES string of the molecule is C[Si](C)(C)[N]([Si](C)(C)C)[Zr]([CH3])([CH3])([CH3])([CH3])([CH3])[C]1=CC=CC1.Cl.Cl. The van der Waals surface area contributed by atoms with Gasteiger partial charge in [0, 0.05) is 0 Å². The molecule has 0 unspecified atom stereocenters. The van der Waals surface area contributed by atoms with Crippen molar-refractivity contribution in [1.29, 1.82) is 0 Å². The summed E-state index contributed by atoms with van der Waals surface area (Å²) in [6.07, 6.45) is 8.22. The minimum atomic E-state index is -4.09. The molecule has 1 nitrogen and oxygen atoms in total. The third-order valence-corrected chi connectivity index (χ3v) is 51.8. The molecule has 1 aliphatic rings. The van der Waals surface area contributed by atoms with E-state index in [1.54, 1.807) is 3.28 Å². The molecular formula is C16H40Cl2NSi2Zr. The Kier molecular flexibility index (Phi) is 6.01. The molecule has 0 aromatic carbocycles. The van der Waals surface area contributed by atoms with E-state index in [-0.39, 0.29) is 24.8 Å². The fourth-order valence-electron chi connectivity index (χ4n) is 6.30. The summed E-state index contributed by atoms with van der Waals surface area (Å²) in [6.45, 7) is 15.3. The van der Waals surface area contributed by atoms with Crippen LogP contribution in [-0.4, -0.2) is 18.6 Å². The second kappa shape index (κ2) is 5.17. The van der Waals surface area contributed by atoms with Crippen molar-refractivity contribution in [2.75, 3.05) is 0 Å². The number of nitrogens with zero attached hydrogens (tertiary/aromatic N) is 1. The fourth-order valence-corrected chi connectivity index (χ4v) is 84.0. The van der Waals surface area contributed by atoms with Gasteiger partial charge >= 0.3 is 125 Å². The zero-order chi connectivity index (χ0) is 16.4. The molecule has 0 aromatic rings. The first kappa shape index (κ1) is 25.6. The molecule has 0 spiro atoms. The van der Waals surface area contributed by atoms with E-state index in [1.807, 2.05) is 0 Å².